The SMILES string of the molecule is O=C(N/N=C1/CCCc2ccccc21)c1ccc(Cl)c(Cl)c1. The van der Waals surface area contributed by atoms with Gasteiger partial charge in [-0.05, 0) is 43.0 Å². The van der Waals surface area contributed by atoms with Crippen LogP contribution in [0.2, 0.25) is 10.0 Å². The van der Waals surface area contributed by atoms with Crippen molar-refractivity contribution in [1.29, 1.82) is 0 Å². The molecule has 3 nitrogen and oxygen atoms in total. The fraction of sp³-hybridized carbons (Fsp3) is 0.176. The number of hydrogen-bond donors (Lipinski definition) is 1. The summed E-state index contributed by atoms with van der Waals surface area (Å²) in [5, 5.41) is 5.07. The number of amides is 1. The molecule has 0 spiro atoms. The van der Waals surface area contributed by atoms with Crippen molar-refractivity contribution in [1.82, 2.24) is 5.43 Å². The summed E-state index contributed by atoms with van der Waals surface area (Å²) in [4.78, 5) is 12.1. The summed E-state index contributed by atoms with van der Waals surface area (Å²) < 4.78 is 0. The van der Waals surface area contributed by atoms with Gasteiger partial charge in [0.05, 0.1) is 15.8 Å². The molecule has 1 aliphatic rings. The predicted molar refractivity (Wildman–Crippen MR) is 89.8 cm³/mol. The van der Waals surface area contributed by atoms with Gasteiger partial charge in [-0.2, -0.15) is 5.10 Å². The number of hydrogen-bond acceptors (Lipinski definition) is 2. The quantitative estimate of drug-likeness (QED) is 0.810. The number of carbonyl (C=O) groups is 1. The summed E-state index contributed by atoms with van der Waals surface area (Å²) in [5.41, 5.74) is 6.34. The highest BCUT2D eigenvalue weighted by Crippen LogP contribution is 2.23. The summed E-state index contributed by atoms with van der Waals surface area (Å²) in [6.07, 6.45) is 2.95. The molecule has 1 aliphatic carbocycles. The van der Waals surface area contributed by atoms with E-state index in [0.29, 0.717) is 15.6 Å². The van der Waals surface area contributed by atoms with E-state index in [1.165, 1.54) is 11.6 Å². The molecule has 0 fully saturated rings. The van der Waals surface area contributed by atoms with Crippen molar-refractivity contribution >= 4 is 34.8 Å². The van der Waals surface area contributed by atoms with Crippen LogP contribution in [0.15, 0.2) is 47.6 Å². The number of fused-ring (bicyclic) bond motifs is 1. The molecule has 22 heavy (non-hydrogen) atoms. The Kier molecular flexibility index (Phi) is 4.46. The van der Waals surface area contributed by atoms with Gasteiger partial charge in [0.15, 0.2) is 0 Å². The third-order valence-corrected chi connectivity index (χ3v) is 4.40. The number of benzene rings is 2. The van der Waals surface area contributed by atoms with Crippen molar-refractivity contribution in [3.05, 3.63) is 69.2 Å². The summed E-state index contributed by atoms with van der Waals surface area (Å²) in [6, 6.07) is 12.9. The van der Waals surface area contributed by atoms with Crippen LogP contribution in [0, 0.1) is 0 Å². The maximum atomic E-state index is 12.1. The van der Waals surface area contributed by atoms with Gasteiger partial charge < -0.3 is 0 Å². The Balaban J connectivity index is 1.79. The molecule has 0 saturated heterocycles. The average Bonchev–Trinajstić information content (AvgIpc) is 2.55. The molecule has 0 heterocycles. The highest BCUT2D eigenvalue weighted by molar-refractivity contribution is 6.42. The van der Waals surface area contributed by atoms with Gasteiger partial charge in [0, 0.05) is 11.1 Å². The van der Waals surface area contributed by atoms with Crippen molar-refractivity contribution in [2.24, 2.45) is 5.10 Å². The van der Waals surface area contributed by atoms with Crippen LogP contribution in [-0.2, 0) is 6.42 Å². The van der Waals surface area contributed by atoms with Crippen molar-refractivity contribution < 1.29 is 4.79 Å². The lowest BCUT2D eigenvalue weighted by atomic mass is 9.90. The van der Waals surface area contributed by atoms with E-state index in [0.717, 1.165) is 30.5 Å². The van der Waals surface area contributed by atoms with Crippen molar-refractivity contribution in [2.75, 3.05) is 0 Å². The minimum absolute atomic E-state index is 0.297. The number of nitrogens with one attached hydrogen (secondary N) is 1. The Morgan fingerprint density at radius 1 is 1.05 bits per heavy atom. The molecule has 3 rings (SSSR count). The van der Waals surface area contributed by atoms with E-state index in [1.54, 1.807) is 12.1 Å². The highest BCUT2D eigenvalue weighted by atomic mass is 35.5. The Labute approximate surface area is 138 Å². The number of carbonyl (C=O) groups excluding carboxylic acids is 1. The van der Waals surface area contributed by atoms with Crippen LogP contribution in [0.4, 0.5) is 0 Å². The van der Waals surface area contributed by atoms with Gasteiger partial charge in [0.25, 0.3) is 5.91 Å². The van der Waals surface area contributed by atoms with E-state index < -0.39 is 0 Å². The van der Waals surface area contributed by atoms with Gasteiger partial charge in [0.2, 0.25) is 0 Å². The van der Waals surface area contributed by atoms with Crippen molar-refractivity contribution in [3.8, 4) is 0 Å². The van der Waals surface area contributed by atoms with Crippen LogP contribution in [0.5, 0.6) is 0 Å². The van der Waals surface area contributed by atoms with Crippen molar-refractivity contribution in [2.45, 2.75) is 19.3 Å². The van der Waals surface area contributed by atoms with Gasteiger partial charge in [-0.15, -0.1) is 0 Å². The van der Waals surface area contributed by atoms with Gasteiger partial charge in [-0.1, -0.05) is 47.5 Å². The largest absolute Gasteiger partial charge is 0.271 e. The number of aryl methyl sites for hydroxylation is 1. The molecule has 2 aromatic carbocycles. The molecule has 0 saturated carbocycles. The second kappa shape index (κ2) is 6.51. The Morgan fingerprint density at radius 2 is 1.86 bits per heavy atom. The van der Waals surface area contributed by atoms with Crippen molar-refractivity contribution in [3.63, 3.8) is 0 Å². The molecule has 0 unspecified atom stereocenters. The van der Waals surface area contributed by atoms with Crippen LogP contribution in [0.25, 0.3) is 0 Å². The molecule has 112 valence electrons. The van der Waals surface area contributed by atoms with E-state index in [4.69, 9.17) is 23.2 Å². The minimum atomic E-state index is -0.297. The fourth-order valence-electron chi connectivity index (χ4n) is 2.54. The molecule has 0 aliphatic heterocycles. The molecule has 0 aromatic heterocycles. The first kappa shape index (κ1) is 15.1. The second-order valence-corrected chi connectivity index (χ2v) is 5.95. The normalized spacial score (nSPS) is 15.5. The standard InChI is InChI=1S/C17H14Cl2N2O/c18-14-9-8-12(10-15(14)19)17(22)21-20-16-7-3-5-11-4-1-2-6-13(11)16/h1-2,4,6,8-10H,3,5,7H2,(H,21,22)/b20-16-. The lowest BCUT2D eigenvalue weighted by Crippen LogP contribution is -2.22. The number of hydrazone groups is 1. The van der Waals surface area contributed by atoms with Crippen LogP contribution >= 0.6 is 23.2 Å². The zero-order valence-corrected chi connectivity index (χ0v) is 13.3. The third kappa shape index (κ3) is 3.16. The molecular formula is C17H14Cl2N2O. The van der Waals surface area contributed by atoms with E-state index in [2.05, 4.69) is 16.6 Å². The van der Waals surface area contributed by atoms with E-state index in [1.807, 2.05) is 18.2 Å². The lowest BCUT2D eigenvalue weighted by Gasteiger charge is -2.17. The topological polar surface area (TPSA) is 41.5 Å². The second-order valence-electron chi connectivity index (χ2n) is 5.14. The first-order chi connectivity index (χ1) is 10.6. The molecule has 0 bridgehead atoms. The van der Waals surface area contributed by atoms with Crippen LogP contribution in [0.3, 0.4) is 0 Å². The van der Waals surface area contributed by atoms with Gasteiger partial charge >= 0.3 is 0 Å². The summed E-state index contributed by atoms with van der Waals surface area (Å²) >= 11 is 11.8. The third-order valence-electron chi connectivity index (χ3n) is 3.66. The first-order valence-electron chi connectivity index (χ1n) is 7.05. The highest BCUT2D eigenvalue weighted by Gasteiger charge is 2.15. The zero-order chi connectivity index (χ0) is 15.5. The predicted octanol–water partition coefficient (Wildman–Crippen LogP) is 4.46. The Morgan fingerprint density at radius 3 is 2.68 bits per heavy atom. The average molecular weight is 333 g/mol. The monoisotopic (exact) mass is 332 g/mol. The van der Waals surface area contributed by atoms with Gasteiger partial charge in [-0.3, -0.25) is 4.79 Å². The molecule has 0 atom stereocenters. The molecule has 0 radical (unpaired) electrons. The van der Waals surface area contributed by atoms with E-state index >= 15 is 0 Å². The first-order valence-corrected chi connectivity index (χ1v) is 7.81. The van der Waals surface area contributed by atoms with Crippen LogP contribution in [-0.4, -0.2) is 11.6 Å². The lowest BCUT2D eigenvalue weighted by molar-refractivity contribution is 0.0954. The Hall–Kier alpha value is -1.84. The Bertz CT molecular complexity index is 756. The molecule has 1 N–H and O–H groups in total. The molecule has 2 aromatic rings. The van der Waals surface area contributed by atoms with E-state index in [-0.39, 0.29) is 5.91 Å². The number of halogens is 2. The van der Waals surface area contributed by atoms with Gasteiger partial charge in [0.1, 0.15) is 0 Å². The summed E-state index contributed by atoms with van der Waals surface area (Å²) in [5.74, 6) is -0.297. The fourth-order valence-corrected chi connectivity index (χ4v) is 2.84. The minimum Gasteiger partial charge on any atom is -0.267 e. The summed E-state index contributed by atoms with van der Waals surface area (Å²) in [7, 11) is 0. The van der Waals surface area contributed by atoms with E-state index in [9.17, 15) is 4.79 Å². The zero-order valence-electron chi connectivity index (χ0n) is 11.8. The maximum Gasteiger partial charge on any atom is 0.271 e. The van der Waals surface area contributed by atoms with Crippen LogP contribution in [0.1, 0.15) is 34.3 Å². The molecule has 5 heteroatoms. The van der Waals surface area contributed by atoms with Gasteiger partial charge in [-0.25, -0.2) is 5.43 Å². The smallest absolute Gasteiger partial charge is 0.267 e. The number of nitrogens with zero attached hydrogens (tertiary/aromatic N) is 1. The summed E-state index contributed by atoms with van der Waals surface area (Å²) in [6.45, 7) is 0. The maximum absolute atomic E-state index is 12.1. The van der Waals surface area contributed by atoms with Crippen LogP contribution < -0.4 is 5.43 Å². The molecule has 1 amide bonds. The number of rotatable bonds is 2. The molecular weight excluding hydrogens is 319 g/mol.